The van der Waals surface area contributed by atoms with E-state index in [9.17, 15) is 4.39 Å². The van der Waals surface area contributed by atoms with E-state index in [1.54, 1.807) is 12.1 Å². The van der Waals surface area contributed by atoms with Gasteiger partial charge in [0.05, 0.1) is 0 Å². The third kappa shape index (κ3) is 5.38. The molecule has 102 valence electrons. The quantitative estimate of drug-likeness (QED) is 0.737. The van der Waals surface area contributed by atoms with Gasteiger partial charge in [0.1, 0.15) is 5.82 Å². The molecule has 0 aliphatic carbocycles. The van der Waals surface area contributed by atoms with Gasteiger partial charge < -0.3 is 10.6 Å². The molecule has 0 radical (unpaired) electrons. The normalized spacial score (nSPS) is 12.9. The number of thioether (sulfide) groups is 1. The van der Waals surface area contributed by atoms with Crippen LogP contribution in [0.4, 0.5) is 4.39 Å². The van der Waals surface area contributed by atoms with Crippen molar-refractivity contribution in [1.82, 2.24) is 4.90 Å². The van der Waals surface area contributed by atoms with Crippen LogP contribution in [-0.4, -0.2) is 37.0 Å². The molecule has 0 saturated heterocycles. The first-order valence-electron chi connectivity index (χ1n) is 6.32. The fourth-order valence-corrected chi connectivity index (χ4v) is 2.30. The van der Waals surface area contributed by atoms with Crippen LogP contribution in [0.25, 0.3) is 0 Å². The first-order chi connectivity index (χ1) is 8.65. The maximum atomic E-state index is 13.5. The lowest BCUT2D eigenvalue weighted by Crippen LogP contribution is -2.25. The minimum atomic E-state index is -0.214. The Morgan fingerprint density at radius 1 is 1.33 bits per heavy atom. The number of halogens is 1. The van der Waals surface area contributed by atoms with Crippen LogP contribution >= 0.6 is 11.8 Å². The van der Waals surface area contributed by atoms with Crippen LogP contribution in [0.15, 0.2) is 24.3 Å². The van der Waals surface area contributed by atoms with Crippen LogP contribution < -0.4 is 5.73 Å². The van der Waals surface area contributed by atoms with E-state index in [0.29, 0.717) is 5.56 Å². The number of rotatable bonds is 8. The summed E-state index contributed by atoms with van der Waals surface area (Å²) in [6.07, 6.45) is 4.09. The molecule has 1 aromatic carbocycles. The molecular weight excluding hydrogens is 247 g/mol. The van der Waals surface area contributed by atoms with E-state index in [4.69, 9.17) is 5.73 Å². The number of nitrogens with zero attached hydrogens (tertiary/aromatic N) is 1. The highest BCUT2D eigenvalue weighted by Crippen LogP contribution is 2.17. The lowest BCUT2D eigenvalue weighted by atomic mass is 10.0. The molecule has 18 heavy (non-hydrogen) atoms. The molecule has 1 rings (SSSR count). The van der Waals surface area contributed by atoms with E-state index in [-0.39, 0.29) is 11.9 Å². The molecule has 1 unspecified atom stereocenters. The summed E-state index contributed by atoms with van der Waals surface area (Å²) in [6.45, 7) is 1.98. The predicted octanol–water partition coefficient (Wildman–Crippen LogP) is 2.90. The summed E-state index contributed by atoms with van der Waals surface area (Å²) < 4.78 is 13.5. The molecule has 0 heterocycles. The Hall–Kier alpha value is -0.580. The van der Waals surface area contributed by atoms with Crippen molar-refractivity contribution in [2.75, 3.05) is 32.1 Å². The van der Waals surface area contributed by atoms with E-state index in [1.807, 2.05) is 17.8 Å². The number of nitrogens with two attached hydrogens (primary N) is 1. The second-order valence-electron chi connectivity index (χ2n) is 4.57. The van der Waals surface area contributed by atoms with Crippen LogP contribution in [0.5, 0.6) is 0 Å². The highest BCUT2D eigenvalue weighted by molar-refractivity contribution is 7.98. The van der Waals surface area contributed by atoms with Crippen molar-refractivity contribution >= 4 is 11.8 Å². The van der Waals surface area contributed by atoms with Gasteiger partial charge in [-0.3, -0.25) is 0 Å². The molecule has 2 nitrogen and oxygen atoms in total. The second kappa shape index (κ2) is 8.51. The standard InChI is InChI=1S/C14H23FN2S/c1-17(9-5-11-18-2)10-8-14(16)12-6-3-4-7-13(12)15/h3-4,6-7,14H,5,8-11,16H2,1-2H3. The molecule has 2 N–H and O–H groups in total. The summed E-state index contributed by atoms with van der Waals surface area (Å²) in [4.78, 5) is 2.26. The monoisotopic (exact) mass is 270 g/mol. The fourth-order valence-electron chi connectivity index (χ4n) is 1.88. The summed E-state index contributed by atoms with van der Waals surface area (Å²) in [5, 5.41) is 0. The molecule has 0 aliphatic rings. The number of hydrogen-bond donors (Lipinski definition) is 1. The summed E-state index contributed by atoms with van der Waals surface area (Å²) >= 11 is 1.87. The van der Waals surface area contributed by atoms with E-state index >= 15 is 0 Å². The molecule has 0 amide bonds. The van der Waals surface area contributed by atoms with E-state index in [0.717, 1.165) is 19.5 Å². The average Bonchev–Trinajstić information content (AvgIpc) is 2.37. The maximum Gasteiger partial charge on any atom is 0.127 e. The summed E-state index contributed by atoms with van der Waals surface area (Å²) in [6, 6.07) is 6.56. The Morgan fingerprint density at radius 2 is 2.06 bits per heavy atom. The van der Waals surface area contributed by atoms with Crippen molar-refractivity contribution in [3.05, 3.63) is 35.6 Å². The highest BCUT2D eigenvalue weighted by atomic mass is 32.2. The molecule has 0 aliphatic heterocycles. The van der Waals surface area contributed by atoms with Crippen molar-refractivity contribution in [2.45, 2.75) is 18.9 Å². The van der Waals surface area contributed by atoms with Gasteiger partial charge in [-0.25, -0.2) is 4.39 Å². The lowest BCUT2D eigenvalue weighted by Gasteiger charge is -2.19. The van der Waals surface area contributed by atoms with Crippen molar-refractivity contribution in [3.8, 4) is 0 Å². The van der Waals surface area contributed by atoms with Crippen molar-refractivity contribution in [1.29, 1.82) is 0 Å². The van der Waals surface area contributed by atoms with Gasteiger partial charge in [0.25, 0.3) is 0 Å². The topological polar surface area (TPSA) is 29.3 Å². The fraction of sp³-hybridized carbons (Fsp3) is 0.571. The maximum absolute atomic E-state index is 13.5. The number of hydrogen-bond acceptors (Lipinski definition) is 3. The third-order valence-corrected chi connectivity index (χ3v) is 3.71. The van der Waals surface area contributed by atoms with Gasteiger partial charge in [-0.1, -0.05) is 18.2 Å². The Labute approximate surface area is 114 Å². The van der Waals surface area contributed by atoms with Crippen LogP contribution in [0, 0.1) is 5.82 Å². The summed E-state index contributed by atoms with van der Waals surface area (Å²) in [7, 11) is 2.09. The molecule has 0 bridgehead atoms. The van der Waals surface area contributed by atoms with Gasteiger partial charge >= 0.3 is 0 Å². The Morgan fingerprint density at radius 3 is 2.72 bits per heavy atom. The highest BCUT2D eigenvalue weighted by Gasteiger charge is 2.11. The van der Waals surface area contributed by atoms with E-state index < -0.39 is 0 Å². The van der Waals surface area contributed by atoms with E-state index in [1.165, 1.54) is 18.2 Å². The van der Waals surface area contributed by atoms with Crippen LogP contribution in [-0.2, 0) is 0 Å². The van der Waals surface area contributed by atoms with Crippen LogP contribution in [0.3, 0.4) is 0 Å². The summed E-state index contributed by atoms with van der Waals surface area (Å²) in [5.74, 6) is 0.985. The Bertz CT molecular complexity index is 346. The van der Waals surface area contributed by atoms with Gasteiger partial charge in [0.2, 0.25) is 0 Å². The average molecular weight is 270 g/mol. The zero-order valence-electron chi connectivity index (χ0n) is 11.2. The molecule has 0 aromatic heterocycles. The Balaban J connectivity index is 2.32. The first-order valence-corrected chi connectivity index (χ1v) is 7.72. The molecular formula is C14H23FN2S. The summed E-state index contributed by atoms with van der Waals surface area (Å²) in [5.41, 5.74) is 6.65. The van der Waals surface area contributed by atoms with Crippen LogP contribution in [0.1, 0.15) is 24.4 Å². The smallest absolute Gasteiger partial charge is 0.127 e. The second-order valence-corrected chi connectivity index (χ2v) is 5.55. The van der Waals surface area contributed by atoms with Gasteiger partial charge in [-0.05, 0) is 51.1 Å². The van der Waals surface area contributed by atoms with Crippen molar-refractivity contribution < 1.29 is 4.39 Å². The third-order valence-electron chi connectivity index (χ3n) is 3.01. The van der Waals surface area contributed by atoms with Crippen LogP contribution in [0.2, 0.25) is 0 Å². The zero-order chi connectivity index (χ0) is 13.4. The van der Waals surface area contributed by atoms with Crippen molar-refractivity contribution in [2.24, 2.45) is 5.73 Å². The minimum absolute atomic E-state index is 0.199. The lowest BCUT2D eigenvalue weighted by molar-refractivity contribution is 0.319. The molecule has 1 atom stereocenters. The SMILES string of the molecule is CSCCCN(C)CCC(N)c1ccccc1F. The Kier molecular flexibility index (Phi) is 7.32. The van der Waals surface area contributed by atoms with Crippen molar-refractivity contribution in [3.63, 3.8) is 0 Å². The zero-order valence-corrected chi connectivity index (χ0v) is 12.0. The van der Waals surface area contributed by atoms with Gasteiger partial charge in [-0.15, -0.1) is 0 Å². The molecule has 0 spiro atoms. The molecule has 4 heteroatoms. The first kappa shape index (κ1) is 15.5. The largest absolute Gasteiger partial charge is 0.324 e. The van der Waals surface area contributed by atoms with Gasteiger partial charge in [0, 0.05) is 11.6 Å². The molecule has 1 aromatic rings. The van der Waals surface area contributed by atoms with E-state index in [2.05, 4.69) is 18.2 Å². The minimum Gasteiger partial charge on any atom is -0.324 e. The molecule has 0 fully saturated rings. The molecule has 0 saturated carbocycles. The number of benzene rings is 1. The predicted molar refractivity (Wildman–Crippen MR) is 78.4 cm³/mol. The van der Waals surface area contributed by atoms with Gasteiger partial charge in [0.15, 0.2) is 0 Å². The van der Waals surface area contributed by atoms with Gasteiger partial charge in [-0.2, -0.15) is 11.8 Å².